The molecule has 1 saturated heterocycles. The van der Waals surface area contributed by atoms with E-state index in [4.69, 9.17) is 11.6 Å². The number of alkyl halides is 3. The van der Waals surface area contributed by atoms with Crippen molar-refractivity contribution in [3.05, 3.63) is 22.8 Å². The van der Waals surface area contributed by atoms with Gasteiger partial charge in [-0.3, -0.25) is 4.79 Å². The molecule has 1 N–H and O–H groups in total. The molecule has 1 aromatic rings. The Hall–Kier alpha value is -1.04. The van der Waals surface area contributed by atoms with Crippen LogP contribution in [0.4, 0.5) is 13.2 Å². The molecule has 0 bridgehead atoms. The molecule has 12 heteroatoms. The molecular formula is C15H19ClF3N3O3S2. The number of thioether (sulfide) groups is 1. The summed E-state index contributed by atoms with van der Waals surface area (Å²) in [6.45, 7) is 0.521. The van der Waals surface area contributed by atoms with E-state index in [9.17, 15) is 26.4 Å². The molecule has 0 aromatic carbocycles. The maximum atomic E-state index is 12.6. The molecule has 0 aliphatic carbocycles. The fourth-order valence-electron chi connectivity index (χ4n) is 2.69. The summed E-state index contributed by atoms with van der Waals surface area (Å²) < 4.78 is 62.5. The number of sulfonamides is 1. The van der Waals surface area contributed by atoms with Crippen LogP contribution >= 0.6 is 23.4 Å². The van der Waals surface area contributed by atoms with Crippen LogP contribution in [0.1, 0.15) is 24.8 Å². The predicted molar refractivity (Wildman–Crippen MR) is 97.2 cm³/mol. The average Bonchev–Trinajstić information content (AvgIpc) is 2.58. The first kappa shape index (κ1) is 22.3. The molecule has 152 valence electrons. The van der Waals surface area contributed by atoms with Crippen LogP contribution in [-0.4, -0.2) is 54.8 Å². The van der Waals surface area contributed by atoms with Crippen molar-refractivity contribution < 1.29 is 26.4 Å². The van der Waals surface area contributed by atoms with E-state index in [1.807, 2.05) is 0 Å². The molecule has 2 heterocycles. The molecule has 27 heavy (non-hydrogen) atoms. The topological polar surface area (TPSA) is 79.4 Å². The minimum Gasteiger partial charge on any atom is -0.354 e. The lowest BCUT2D eigenvalue weighted by Gasteiger charge is -2.32. The third-order valence-corrected chi connectivity index (χ3v) is 6.65. The fourth-order valence-corrected chi connectivity index (χ4v) is 4.87. The first-order chi connectivity index (χ1) is 12.5. The Morgan fingerprint density at radius 2 is 2.15 bits per heavy atom. The van der Waals surface area contributed by atoms with Crippen molar-refractivity contribution in [2.45, 2.75) is 36.5 Å². The lowest BCUT2D eigenvalue weighted by Crippen LogP contribution is -2.51. The molecule has 0 saturated carbocycles. The average molecular weight is 446 g/mol. The van der Waals surface area contributed by atoms with Crippen LogP contribution in [-0.2, 0) is 21.0 Å². The predicted octanol–water partition coefficient (Wildman–Crippen LogP) is 2.78. The number of nitrogens with one attached hydrogen (secondary N) is 1. The second-order valence-corrected chi connectivity index (χ2v) is 9.46. The number of pyridine rings is 1. The van der Waals surface area contributed by atoms with E-state index >= 15 is 0 Å². The summed E-state index contributed by atoms with van der Waals surface area (Å²) in [6, 6.07) is 0.0770. The van der Waals surface area contributed by atoms with Gasteiger partial charge in [-0.05, 0) is 18.9 Å². The summed E-state index contributed by atoms with van der Waals surface area (Å²) in [5.74, 6) is -0.0534. The Morgan fingerprint density at radius 3 is 2.74 bits per heavy atom. The minimum atomic E-state index is -4.51. The van der Waals surface area contributed by atoms with Crippen LogP contribution in [0.5, 0.6) is 0 Å². The van der Waals surface area contributed by atoms with Gasteiger partial charge in [-0.2, -0.15) is 17.5 Å². The Bertz CT molecular complexity index is 790. The van der Waals surface area contributed by atoms with Crippen molar-refractivity contribution in [3.8, 4) is 0 Å². The number of halogens is 4. The number of hydrogen-bond acceptors (Lipinski definition) is 5. The maximum Gasteiger partial charge on any atom is 0.417 e. The van der Waals surface area contributed by atoms with Crippen LogP contribution in [0.15, 0.2) is 17.3 Å². The molecule has 1 atom stereocenters. The van der Waals surface area contributed by atoms with Crippen molar-refractivity contribution in [2.75, 3.05) is 25.1 Å². The number of piperidine rings is 1. The fraction of sp³-hybridized carbons (Fsp3) is 0.600. The van der Waals surface area contributed by atoms with Gasteiger partial charge in [0.25, 0.3) is 0 Å². The Balaban J connectivity index is 1.87. The SMILES string of the molecule is CS(=O)(=O)N1CCCCC1C(=O)NCCSc1ncc(C(F)(F)F)cc1Cl. The van der Waals surface area contributed by atoms with Gasteiger partial charge < -0.3 is 5.32 Å². The van der Waals surface area contributed by atoms with Crippen molar-refractivity contribution in [1.82, 2.24) is 14.6 Å². The highest BCUT2D eigenvalue weighted by Crippen LogP contribution is 2.33. The first-order valence-electron chi connectivity index (χ1n) is 8.10. The summed E-state index contributed by atoms with van der Waals surface area (Å²) in [7, 11) is -3.47. The van der Waals surface area contributed by atoms with Crippen molar-refractivity contribution in [2.24, 2.45) is 0 Å². The van der Waals surface area contributed by atoms with Crippen LogP contribution in [0.3, 0.4) is 0 Å². The van der Waals surface area contributed by atoms with Crippen LogP contribution in [0, 0.1) is 0 Å². The van der Waals surface area contributed by atoms with E-state index in [2.05, 4.69) is 10.3 Å². The summed E-state index contributed by atoms with van der Waals surface area (Å²) in [4.78, 5) is 16.0. The number of nitrogens with zero attached hydrogens (tertiary/aromatic N) is 2. The van der Waals surface area contributed by atoms with E-state index in [0.717, 1.165) is 30.5 Å². The second kappa shape index (κ2) is 8.97. The summed E-state index contributed by atoms with van der Waals surface area (Å²) in [6.07, 6.45) is -0.794. The molecule has 1 aromatic heterocycles. The molecular weight excluding hydrogens is 427 g/mol. The van der Waals surface area contributed by atoms with Crippen molar-refractivity contribution in [1.29, 1.82) is 0 Å². The molecule has 1 aliphatic heterocycles. The second-order valence-electron chi connectivity index (χ2n) is 6.03. The number of hydrogen-bond donors (Lipinski definition) is 1. The minimum absolute atomic E-state index is 0.114. The quantitative estimate of drug-likeness (QED) is 0.538. The zero-order valence-corrected chi connectivity index (χ0v) is 16.8. The van der Waals surface area contributed by atoms with E-state index < -0.39 is 27.8 Å². The van der Waals surface area contributed by atoms with Crippen LogP contribution in [0.2, 0.25) is 5.02 Å². The molecule has 1 aliphatic rings. The van der Waals surface area contributed by atoms with E-state index in [1.54, 1.807) is 0 Å². The highest BCUT2D eigenvalue weighted by atomic mass is 35.5. The molecule has 0 spiro atoms. The highest BCUT2D eigenvalue weighted by Gasteiger charge is 2.34. The molecule has 6 nitrogen and oxygen atoms in total. The number of aromatic nitrogens is 1. The Labute approximate surface area is 164 Å². The smallest absolute Gasteiger partial charge is 0.354 e. The molecule has 1 unspecified atom stereocenters. The largest absolute Gasteiger partial charge is 0.417 e. The van der Waals surface area contributed by atoms with Gasteiger partial charge >= 0.3 is 6.18 Å². The molecule has 1 fully saturated rings. The van der Waals surface area contributed by atoms with Gasteiger partial charge in [-0.1, -0.05) is 18.0 Å². The monoisotopic (exact) mass is 445 g/mol. The van der Waals surface area contributed by atoms with Gasteiger partial charge in [0.15, 0.2) is 0 Å². The van der Waals surface area contributed by atoms with Gasteiger partial charge in [0.2, 0.25) is 15.9 Å². The third-order valence-electron chi connectivity index (χ3n) is 3.96. The molecule has 0 radical (unpaired) electrons. The lowest BCUT2D eigenvalue weighted by molar-refractivity contribution is -0.137. The zero-order valence-electron chi connectivity index (χ0n) is 14.4. The normalized spacial score (nSPS) is 19.1. The lowest BCUT2D eigenvalue weighted by atomic mass is 10.0. The summed E-state index contributed by atoms with van der Waals surface area (Å²) in [5, 5.41) is 2.78. The van der Waals surface area contributed by atoms with E-state index in [1.165, 1.54) is 4.31 Å². The van der Waals surface area contributed by atoms with Gasteiger partial charge in [-0.25, -0.2) is 13.4 Å². The Morgan fingerprint density at radius 1 is 1.44 bits per heavy atom. The number of carbonyl (C=O) groups excluding carboxylic acids is 1. The van der Waals surface area contributed by atoms with Crippen molar-refractivity contribution in [3.63, 3.8) is 0 Å². The standard InChI is InChI=1S/C15H19ClF3N3O3S2/c1-27(24,25)22-6-3-2-4-12(22)13(23)20-5-7-26-14-11(16)8-10(9-21-14)15(17,18)19/h8-9,12H,2-7H2,1H3,(H,20,23). The number of rotatable bonds is 6. The first-order valence-corrected chi connectivity index (χ1v) is 11.3. The maximum absolute atomic E-state index is 12.6. The van der Waals surface area contributed by atoms with Crippen LogP contribution < -0.4 is 5.32 Å². The zero-order chi connectivity index (χ0) is 20.2. The molecule has 1 amide bonds. The van der Waals surface area contributed by atoms with Crippen LogP contribution in [0.25, 0.3) is 0 Å². The van der Waals surface area contributed by atoms with E-state index in [0.29, 0.717) is 31.3 Å². The summed E-state index contributed by atoms with van der Waals surface area (Å²) in [5.41, 5.74) is -0.927. The number of amides is 1. The molecule has 2 rings (SSSR count). The van der Waals surface area contributed by atoms with Crippen molar-refractivity contribution >= 4 is 39.3 Å². The number of carbonyl (C=O) groups is 1. The van der Waals surface area contributed by atoms with Gasteiger partial charge in [-0.15, -0.1) is 11.8 Å². The van der Waals surface area contributed by atoms with Gasteiger partial charge in [0, 0.05) is 25.0 Å². The third kappa shape index (κ3) is 6.23. The summed E-state index contributed by atoms with van der Waals surface area (Å²) >= 11 is 6.93. The highest BCUT2D eigenvalue weighted by molar-refractivity contribution is 7.99. The van der Waals surface area contributed by atoms with Gasteiger partial charge in [0.05, 0.1) is 16.8 Å². The Kier molecular flexibility index (Phi) is 7.40. The van der Waals surface area contributed by atoms with Gasteiger partial charge in [0.1, 0.15) is 11.1 Å². The van der Waals surface area contributed by atoms with E-state index in [-0.39, 0.29) is 22.5 Å².